The molecule has 0 saturated heterocycles. The number of aryl methyl sites for hydroxylation is 3. The number of benzene rings is 1. The largest absolute Gasteiger partial charge is 0.466 e. The van der Waals surface area contributed by atoms with Crippen LogP contribution in [0.25, 0.3) is 11.0 Å². The third-order valence-corrected chi connectivity index (χ3v) is 6.01. The number of pyridine rings is 1. The summed E-state index contributed by atoms with van der Waals surface area (Å²) in [5.74, 6) is 0.124. The van der Waals surface area contributed by atoms with Crippen molar-refractivity contribution in [3.05, 3.63) is 47.2 Å². The minimum atomic E-state index is -3.76. The van der Waals surface area contributed by atoms with Crippen molar-refractivity contribution in [1.82, 2.24) is 19.7 Å². The van der Waals surface area contributed by atoms with Crippen LogP contribution < -0.4 is 9.88 Å². The Morgan fingerprint density at radius 3 is 2.50 bits per heavy atom. The number of nitrogens with zero attached hydrogens (tertiary/aromatic N) is 4. The van der Waals surface area contributed by atoms with E-state index in [2.05, 4.69) is 10.1 Å². The van der Waals surface area contributed by atoms with Crippen LogP contribution in [-0.4, -0.2) is 47.6 Å². The predicted molar refractivity (Wildman–Crippen MR) is 112 cm³/mol. The fraction of sp³-hybridized carbons (Fsp3) is 0.350. The number of aromatic nitrogens is 3. The lowest BCUT2D eigenvalue weighted by Crippen LogP contribution is -2.33. The van der Waals surface area contributed by atoms with Gasteiger partial charge >= 0.3 is 0 Å². The van der Waals surface area contributed by atoms with Crippen LogP contribution in [0.4, 0.5) is 0 Å². The van der Waals surface area contributed by atoms with Crippen molar-refractivity contribution < 1.29 is 17.9 Å². The van der Waals surface area contributed by atoms with Crippen molar-refractivity contribution in [3.63, 3.8) is 0 Å². The van der Waals surface area contributed by atoms with Gasteiger partial charge in [-0.3, -0.25) is 4.79 Å². The Morgan fingerprint density at radius 1 is 1.27 bits per heavy atom. The summed E-state index contributed by atoms with van der Waals surface area (Å²) in [5, 5.41) is 10.3. The Bertz CT molecular complexity index is 1200. The first-order valence-electron chi connectivity index (χ1n) is 9.31. The zero-order valence-electron chi connectivity index (χ0n) is 17.6. The zero-order valence-corrected chi connectivity index (χ0v) is 18.4. The van der Waals surface area contributed by atoms with E-state index in [9.17, 15) is 13.2 Å². The Morgan fingerprint density at radius 2 is 1.90 bits per heavy atom. The summed E-state index contributed by atoms with van der Waals surface area (Å²) in [6.45, 7) is 5.52. The maximum atomic E-state index is 12.7. The third kappa shape index (κ3) is 4.29. The summed E-state index contributed by atoms with van der Waals surface area (Å²) in [4.78, 5) is 18.7. The summed E-state index contributed by atoms with van der Waals surface area (Å²) >= 11 is 0. The van der Waals surface area contributed by atoms with Gasteiger partial charge in [-0.25, -0.2) is 23.2 Å². The number of likely N-dealkylation sites (N-methyl/N-ethyl adjacent to an activating group) is 1. The van der Waals surface area contributed by atoms with E-state index in [0.29, 0.717) is 11.5 Å². The number of carbonyl (C=O) groups is 1. The minimum Gasteiger partial charge on any atom is -0.466 e. The fourth-order valence-electron chi connectivity index (χ4n) is 3.26. The number of amides is 1. The molecule has 0 fully saturated rings. The van der Waals surface area contributed by atoms with Gasteiger partial charge in [0, 0.05) is 19.8 Å². The predicted octanol–water partition coefficient (Wildman–Crippen LogP) is 1.83. The molecule has 0 aliphatic rings. The summed E-state index contributed by atoms with van der Waals surface area (Å²) in [5.41, 5.74) is 3.33. The molecule has 1 unspecified atom stereocenters. The van der Waals surface area contributed by atoms with Gasteiger partial charge in [-0.2, -0.15) is 0 Å². The summed E-state index contributed by atoms with van der Waals surface area (Å²) < 4.78 is 30.2. The number of carbonyl (C=O) groups excluding carboxylic acids is 1. The zero-order chi connectivity index (χ0) is 22.2. The molecule has 9 nitrogen and oxygen atoms in total. The normalized spacial score (nSPS) is 12.7. The lowest BCUT2D eigenvalue weighted by atomic mass is 10.1. The van der Waals surface area contributed by atoms with Crippen LogP contribution in [0.1, 0.15) is 29.8 Å². The van der Waals surface area contributed by atoms with E-state index in [1.54, 1.807) is 30.9 Å². The number of fused-ring (bicyclic) bond motifs is 1. The fourth-order valence-corrected chi connectivity index (χ4v) is 3.77. The number of hydrogen-bond acceptors (Lipinski definition) is 6. The topological polar surface area (TPSA) is 120 Å². The maximum Gasteiger partial charge on any atom is 0.260 e. The van der Waals surface area contributed by atoms with E-state index >= 15 is 0 Å². The van der Waals surface area contributed by atoms with Gasteiger partial charge < -0.3 is 9.64 Å². The van der Waals surface area contributed by atoms with Gasteiger partial charge in [0.05, 0.1) is 16.3 Å². The highest BCUT2D eigenvalue weighted by Crippen LogP contribution is 2.27. The van der Waals surface area contributed by atoms with Gasteiger partial charge in [-0.15, -0.1) is 5.10 Å². The molecular weight excluding hydrogens is 406 g/mol. The molecule has 0 aliphatic heterocycles. The monoisotopic (exact) mass is 431 g/mol. The molecule has 2 heterocycles. The average Bonchev–Trinajstić information content (AvgIpc) is 3.00. The van der Waals surface area contributed by atoms with Crippen molar-refractivity contribution in [2.75, 3.05) is 13.7 Å². The first-order valence-corrected chi connectivity index (χ1v) is 10.9. The minimum absolute atomic E-state index is 0.0250. The van der Waals surface area contributed by atoms with Gasteiger partial charge in [0.25, 0.3) is 5.91 Å². The van der Waals surface area contributed by atoms with Crippen LogP contribution >= 0.6 is 0 Å². The molecule has 3 rings (SSSR count). The molecule has 30 heavy (non-hydrogen) atoms. The van der Waals surface area contributed by atoms with Gasteiger partial charge in [0.2, 0.25) is 15.9 Å². The molecule has 1 atom stereocenters. The number of nitrogens with two attached hydrogens (primary N) is 1. The van der Waals surface area contributed by atoms with Crippen LogP contribution in [0.2, 0.25) is 0 Å². The van der Waals surface area contributed by atoms with Crippen molar-refractivity contribution in [3.8, 4) is 5.88 Å². The smallest absolute Gasteiger partial charge is 0.260 e. The second-order valence-corrected chi connectivity index (χ2v) is 8.85. The van der Waals surface area contributed by atoms with Gasteiger partial charge in [0.1, 0.15) is 0 Å². The second-order valence-electron chi connectivity index (χ2n) is 7.29. The van der Waals surface area contributed by atoms with Crippen LogP contribution in [0.5, 0.6) is 5.88 Å². The number of rotatable bonds is 6. The Kier molecular flexibility index (Phi) is 5.82. The van der Waals surface area contributed by atoms with Gasteiger partial charge in [-0.05, 0) is 50.1 Å². The molecule has 160 valence electrons. The van der Waals surface area contributed by atoms with Crippen LogP contribution in [0.15, 0.2) is 35.2 Å². The van der Waals surface area contributed by atoms with E-state index in [0.717, 1.165) is 22.2 Å². The van der Waals surface area contributed by atoms with Crippen molar-refractivity contribution in [1.29, 1.82) is 0 Å². The number of sulfonamides is 1. The van der Waals surface area contributed by atoms with Crippen molar-refractivity contribution >= 4 is 27.0 Å². The quantitative estimate of drug-likeness (QED) is 0.636. The lowest BCUT2D eigenvalue weighted by molar-refractivity contribution is -0.134. The lowest BCUT2D eigenvalue weighted by Gasteiger charge is -2.25. The van der Waals surface area contributed by atoms with Crippen LogP contribution in [0.3, 0.4) is 0 Å². The molecule has 10 heteroatoms. The van der Waals surface area contributed by atoms with Crippen LogP contribution in [-0.2, 0) is 21.9 Å². The first kappa shape index (κ1) is 21.7. The average molecular weight is 432 g/mol. The standard InChI is InChI=1S/C20H25N5O4S/c1-12-10-13(2)22-19-18(12)20(23-25(19)5)29-11-17(26)24(4)14(3)15-6-8-16(9-7-15)30(21,27)28/h6-10,14H,11H2,1-5H3,(H2,21,27,28). The molecule has 0 spiro atoms. The van der Waals surface area contributed by atoms with E-state index in [4.69, 9.17) is 9.88 Å². The highest BCUT2D eigenvalue weighted by atomic mass is 32.2. The summed E-state index contributed by atoms with van der Waals surface area (Å²) in [6, 6.07) is 7.78. The molecule has 1 aromatic carbocycles. The molecule has 0 saturated carbocycles. The maximum absolute atomic E-state index is 12.7. The molecule has 2 aromatic heterocycles. The van der Waals surface area contributed by atoms with Crippen molar-refractivity contribution in [2.45, 2.75) is 31.7 Å². The number of ether oxygens (including phenoxy) is 1. The van der Waals surface area contributed by atoms with E-state index in [-0.39, 0.29) is 23.5 Å². The molecule has 0 bridgehead atoms. The third-order valence-electron chi connectivity index (χ3n) is 5.08. The van der Waals surface area contributed by atoms with Crippen molar-refractivity contribution in [2.24, 2.45) is 12.2 Å². The first-order chi connectivity index (χ1) is 14.0. The van der Waals surface area contributed by atoms with E-state index in [1.807, 2.05) is 26.8 Å². The molecular formula is C20H25N5O4S. The van der Waals surface area contributed by atoms with Gasteiger partial charge in [-0.1, -0.05) is 12.1 Å². The molecule has 0 aliphatic carbocycles. The molecule has 1 amide bonds. The summed E-state index contributed by atoms with van der Waals surface area (Å²) in [6.07, 6.45) is 0. The number of primary sulfonamides is 1. The molecule has 0 radical (unpaired) electrons. The Hall–Kier alpha value is -2.98. The second kappa shape index (κ2) is 8.04. The Labute approximate surface area is 175 Å². The Balaban J connectivity index is 1.73. The SMILES string of the molecule is Cc1cc(C)c2c(OCC(=O)N(C)C(C)c3ccc(S(N)(=O)=O)cc3)nn(C)c2n1. The summed E-state index contributed by atoms with van der Waals surface area (Å²) in [7, 11) is -0.315. The highest BCUT2D eigenvalue weighted by molar-refractivity contribution is 7.89. The molecule has 2 N–H and O–H groups in total. The van der Waals surface area contributed by atoms with Gasteiger partial charge in [0.15, 0.2) is 12.3 Å². The highest BCUT2D eigenvalue weighted by Gasteiger charge is 2.21. The van der Waals surface area contributed by atoms with Crippen LogP contribution in [0, 0.1) is 13.8 Å². The molecule has 3 aromatic rings. The number of hydrogen-bond donors (Lipinski definition) is 1. The van der Waals surface area contributed by atoms with E-state index < -0.39 is 10.0 Å². The van der Waals surface area contributed by atoms with E-state index in [1.165, 1.54) is 17.0 Å².